The number of piperidine rings is 1. The van der Waals surface area contributed by atoms with E-state index < -0.39 is 11.9 Å². The van der Waals surface area contributed by atoms with E-state index in [1.807, 2.05) is 13.8 Å². The van der Waals surface area contributed by atoms with Gasteiger partial charge in [0.2, 0.25) is 0 Å². The summed E-state index contributed by atoms with van der Waals surface area (Å²) in [5.41, 5.74) is 0. The van der Waals surface area contributed by atoms with Crippen LogP contribution < -0.4 is 4.74 Å². The van der Waals surface area contributed by atoms with Gasteiger partial charge in [0, 0.05) is 31.6 Å². The van der Waals surface area contributed by atoms with Gasteiger partial charge in [-0.15, -0.1) is 0 Å². The molecule has 2 aliphatic rings. The Morgan fingerprint density at radius 1 is 1.31 bits per heavy atom. The lowest BCUT2D eigenvalue weighted by molar-refractivity contribution is -0.161. The zero-order chi connectivity index (χ0) is 18.8. The van der Waals surface area contributed by atoms with E-state index in [2.05, 4.69) is 0 Å². The summed E-state index contributed by atoms with van der Waals surface area (Å²) in [5.74, 6) is -0.708. The summed E-state index contributed by atoms with van der Waals surface area (Å²) in [4.78, 5) is 28.0. The van der Waals surface area contributed by atoms with Crippen LogP contribution in [0.2, 0.25) is 0 Å². The first-order valence-electron chi connectivity index (χ1n) is 9.02. The third kappa shape index (κ3) is 3.67. The van der Waals surface area contributed by atoms with Crippen molar-refractivity contribution in [1.29, 1.82) is 0 Å². The molecule has 7 heteroatoms. The summed E-state index contributed by atoms with van der Waals surface area (Å²) in [6.45, 7) is 5.08. The molecule has 0 bridgehead atoms. The van der Waals surface area contributed by atoms with Crippen molar-refractivity contribution in [3.63, 3.8) is 0 Å². The quantitative estimate of drug-likeness (QED) is 0.855. The maximum atomic E-state index is 13.5. The van der Waals surface area contributed by atoms with E-state index in [0.29, 0.717) is 26.1 Å². The molecule has 0 saturated carbocycles. The van der Waals surface area contributed by atoms with Gasteiger partial charge in [-0.05, 0) is 24.5 Å². The van der Waals surface area contributed by atoms with E-state index in [-0.39, 0.29) is 42.0 Å². The van der Waals surface area contributed by atoms with E-state index in [9.17, 15) is 19.1 Å². The van der Waals surface area contributed by atoms with Gasteiger partial charge in [-0.3, -0.25) is 9.59 Å². The van der Waals surface area contributed by atoms with Gasteiger partial charge < -0.3 is 19.6 Å². The Balaban J connectivity index is 1.49. The van der Waals surface area contributed by atoms with E-state index in [4.69, 9.17) is 4.74 Å². The van der Waals surface area contributed by atoms with Crippen molar-refractivity contribution < 1.29 is 23.8 Å². The predicted octanol–water partition coefficient (Wildman–Crippen LogP) is 1.28. The van der Waals surface area contributed by atoms with Crippen LogP contribution in [0.15, 0.2) is 24.3 Å². The Morgan fingerprint density at radius 3 is 2.69 bits per heavy atom. The first kappa shape index (κ1) is 18.6. The molecule has 2 amide bonds. The number of halogens is 1. The first-order valence-corrected chi connectivity index (χ1v) is 9.02. The normalized spacial score (nSPS) is 23.3. The standard InChI is InChI=1S/C19H25FN2O4/c1-12(2)18(24)19(25)22-10-13-9-21(8-7-15(13)22)17(23)11-26-16-6-4-3-5-14(16)20/h3-6,12-13,15,18,24H,7-11H2,1-2H3/t13-,15-,18+/m0/s1. The van der Waals surface area contributed by atoms with Crippen molar-refractivity contribution >= 4 is 11.8 Å². The van der Waals surface area contributed by atoms with Crippen molar-refractivity contribution in [2.24, 2.45) is 11.8 Å². The molecule has 2 saturated heterocycles. The highest BCUT2D eigenvalue weighted by molar-refractivity contribution is 5.82. The zero-order valence-corrected chi connectivity index (χ0v) is 15.1. The molecule has 1 aromatic carbocycles. The lowest BCUT2D eigenvalue weighted by Gasteiger charge is -2.53. The second kappa shape index (κ2) is 7.61. The Hall–Kier alpha value is -2.15. The molecule has 142 valence electrons. The average Bonchev–Trinajstić information content (AvgIpc) is 2.60. The zero-order valence-electron chi connectivity index (χ0n) is 15.1. The minimum atomic E-state index is -0.968. The SMILES string of the molecule is CC(C)[C@@H](O)C(=O)N1C[C@@H]2CN(C(=O)COc3ccccc3F)CC[C@@H]21. The van der Waals surface area contributed by atoms with Gasteiger partial charge in [0.25, 0.3) is 11.8 Å². The summed E-state index contributed by atoms with van der Waals surface area (Å²) >= 11 is 0. The molecule has 2 aliphatic heterocycles. The fourth-order valence-electron chi connectivity index (χ4n) is 3.59. The molecule has 1 aromatic rings. The molecule has 0 aliphatic carbocycles. The largest absolute Gasteiger partial charge is 0.481 e. The lowest BCUT2D eigenvalue weighted by Crippen LogP contribution is -2.67. The number of hydrogen-bond acceptors (Lipinski definition) is 4. The maximum Gasteiger partial charge on any atom is 0.260 e. The number of aliphatic hydroxyl groups is 1. The summed E-state index contributed by atoms with van der Waals surface area (Å²) in [7, 11) is 0. The minimum absolute atomic E-state index is 0.0684. The third-order valence-corrected chi connectivity index (χ3v) is 5.23. The second-order valence-corrected chi connectivity index (χ2v) is 7.35. The molecule has 3 rings (SSSR count). The van der Waals surface area contributed by atoms with Crippen molar-refractivity contribution in [2.45, 2.75) is 32.4 Å². The number of para-hydroxylation sites is 1. The number of carbonyl (C=O) groups excluding carboxylic acids is 2. The number of likely N-dealkylation sites (tertiary alicyclic amines) is 2. The average molecular weight is 364 g/mol. The van der Waals surface area contributed by atoms with E-state index in [1.165, 1.54) is 12.1 Å². The number of ether oxygens (including phenoxy) is 1. The van der Waals surface area contributed by atoms with Crippen molar-refractivity contribution in [3.05, 3.63) is 30.1 Å². The first-order chi connectivity index (χ1) is 12.4. The second-order valence-electron chi connectivity index (χ2n) is 7.35. The van der Waals surface area contributed by atoms with E-state index in [0.717, 1.165) is 0 Å². The van der Waals surface area contributed by atoms with Crippen molar-refractivity contribution in [3.8, 4) is 5.75 Å². The van der Waals surface area contributed by atoms with Crippen LogP contribution in [0.25, 0.3) is 0 Å². The summed E-state index contributed by atoms with van der Waals surface area (Å²) < 4.78 is 18.8. The Bertz CT molecular complexity index is 681. The van der Waals surface area contributed by atoms with Gasteiger partial charge in [-0.25, -0.2) is 4.39 Å². The van der Waals surface area contributed by atoms with Gasteiger partial charge in [-0.1, -0.05) is 26.0 Å². The Kier molecular flexibility index (Phi) is 5.46. The number of carbonyl (C=O) groups is 2. The van der Waals surface area contributed by atoms with Crippen LogP contribution >= 0.6 is 0 Å². The van der Waals surface area contributed by atoms with Gasteiger partial charge in [0.15, 0.2) is 18.2 Å². The van der Waals surface area contributed by atoms with Crippen LogP contribution in [0.5, 0.6) is 5.75 Å². The van der Waals surface area contributed by atoms with Crippen LogP contribution in [-0.4, -0.2) is 65.1 Å². The Morgan fingerprint density at radius 2 is 2.04 bits per heavy atom. The van der Waals surface area contributed by atoms with E-state index >= 15 is 0 Å². The number of hydrogen-bond donors (Lipinski definition) is 1. The number of aliphatic hydroxyl groups excluding tert-OH is 1. The van der Waals surface area contributed by atoms with Crippen molar-refractivity contribution in [1.82, 2.24) is 9.80 Å². The molecule has 6 nitrogen and oxygen atoms in total. The predicted molar refractivity (Wildman–Crippen MR) is 92.9 cm³/mol. The van der Waals surface area contributed by atoms with Crippen LogP contribution in [-0.2, 0) is 9.59 Å². The molecule has 2 heterocycles. The van der Waals surface area contributed by atoms with Gasteiger partial charge in [0.1, 0.15) is 6.10 Å². The number of benzene rings is 1. The van der Waals surface area contributed by atoms with Gasteiger partial charge in [-0.2, -0.15) is 0 Å². The van der Waals surface area contributed by atoms with Crippen LogP contribution in [0.4, 0.5) is 4.39 Å². The highest BCUT2D eigenvalue weighted by atomic mass is 19.1. The maximum absolute atomic E-state index is 13.5. The van der Waals surface area contributed by atoms with E-state index in [1.54, 1.807) is 21.9 Å². The molecule has 3 atom stereocenters. The van der Waals surface area contributed by atoms with Gasteiger partial charge >= 0.3 is 0 Å². The number of amides is 2. The van der Waals surface area contributed by atoms with Crippen LogP contribution in [0.1, 0.15) is 20.3 Å². The highest BCUT2D eigenvalue weighted by Crippen LogP contribution is 2.33. The molecule has 1 N–H and O–H groups in total. The third-order valence-electron chi connectivity index (χ3n) is 5.23. The fourth-order valence-corrected chi connectivity index (χ4v) is 3.59. The molecular formula is C19H25FN2O4. The molecule has 0 radical (unpaired) electrons. The van der Waals surface area contributed by atoms with Crippen LogP contribution in [0.3, 0.4) is 0 Å². The van der Waals surface area contributed by atoms with Crippen molar-refractivity contribution in [2.75, 3.05) is 26.2 Å². The van der Waals surface area contributed by atoms with Crippen LogP contribution in [0, 0.1) is 17.7 Å². The summed E-state index contributed by atoms with van der Waals surface area (Å²) in [6, 6.07) is 6.09. The number of rotatable bonds is 5. The molecule has 0 unspecified atom stereocenters. The summed E-state index contributed by atoms with van der Waals surface area (Å²) in [6.07, 6.45) is -0.281. The fraction of sp³-hybridized carbons (Fsp3) is 0.579. The smallest absolute Gasteiger partial charge is 0.260 e. The topological polar surface area (TPSA) is 70.1 Å². The number of nitrogens with zero attached hydrogens (tertiary/aromatic N) is 2. The Labute approximate surface area is 152 Å². The molecule has 2 fully saturated rings. The summed E-state index contributed by atoms with van der Waals surface area (Å²) in [5, 5.41) is 9.96. The molecule has 0 spiro atoms. The number of fused-ring (bicyclic) bond motifs is 1. The molecular weight excluding hydrogens is 339 g/mol. The molecule has 0 aromatic heterocycles. The van der Waals surface area contributed by atoms with Gasteiger partial charge in [0.05, 0.1) is 0 Å². The lowest BCUT2D eigenvalue weighted by atomic mass is 9.81. The molecule has 26 heavy (non-hydrogen) atoms. The highest BCUT2D eigenvalue weighted by Gasteiger charge is 2.47. The monoisotopic (exact) mass is 364 g/mol. The minimum Gasteiger partial charge on any atom is -0.481 e.